The van der Waals surface area contributed by atoms with Crippen LogP contribution in [-0.2, 0) is 9.47 Å². The number of benzene rings is 3. The van der Waals surface area contributed by atoms with Gasteiger partial charge in [-0.15, -0.1) is 0 Å². The number of carbonyl (C=O) groups is 1. The molecule has 1 amide bonds. The number of rotatable bonds is 6. The fraction of sp³-hybridized carbons (Fsp3) is 0.333. The number of hydrogen-bond donors (Lipinski definition) is 2. The number of nitrogens with one attached hydrogen (secondary N) is 2. The zero-order valence-electron chi connectivity index (χ0n) is 22.2. The Morgan fingerprint density at radius 3 is 2.46 bits per heavy atom. The van der Waals surface area contributed by atoms with E-state index in [0.717, 1.165) is 50.5 Å². The molecule has 2 N–H and O–H groups in total. The lowest BCUT2D eigenvalue weighted by atomic mass is 10.0. The highest BCUT2D eigenvalue weighted by Crippen LogP contribution is 2.31. The van der Waals surface area contributed by atoms with E-state index in [0.29, 0.717) is 18.8 Å². The Balaban J connectivity index is 1.33. The first-order valence-electron chi connectivity index (χ1n) is 12.5. The third-order valence-corrected chi connectivity index (χ3v) is 6.76. The molecule has 5 rings (SSSR count). The summed E-state index contributed by atoms with van der Waals surface area (Å²) in [5.41, 5.74) is 8.40. The van der Waals surface area contributed by atoms with Crippen molar-refractivity contribution in [2.24, 2.45) is 0 Å². The van der Waals surface area contributed by atoms with Gasteiger partial charge in [0.1, 0.15) is 24.3 Å². The van der Waals surface area contributed by atoms with Crippen LogP contribution in [-0.4, -0.2) is 41.0 Å². The number of anilines is 1. The van der Waals surface area contributed by atoms with Gasteiger partial charge >= 0.3 is 0 Å². The van der Waals surface area contributed by atoms with Crippen molar-refractivity contribution < 1.29 is 19.0 Å². The van der Waals surface area contributed by atoms with Gasteiger partial charge in [-0.1, -0.05) is 6.07 Å². The van der Waals surface area contributed by atoms with Crippen molar-refractivity contribution in [2.45, 2.75) is 53.4 Å². The highest BCUT2D eigenvalue weighted by molar-refractivity contribution is 6.06. The van der Waals surface area contributed by atoms with Gasteiger partial charge in [0, 0.05) is 16.8 Å². The van der Waals surface area contributed by atoms with E-state index in [9.17, 15) is 4.79 Å². The molecule has 1 fully saturated rings. The summed E-state index contributed by atoms with van der Waals surface area (Å²) in [5, 5.41) is 2.99. The van der Waals surface area contributed by atoms with Crippen LogP contribution in [0.5, 0.6) is 5.75 Å². The number of nitrogens with zero attached hydrogens (tertiary/aromatic N) is 1. The van der Waals surface area contributed by atoms with Crippen molar-refractivity contribution in [2.75, 3.05) is 18.5 Å². The second kappa shape index (κ2) is 9.65. The van der Waals surface area contributed by atoms with E-state index in [4.69, 9.17) is 19.2 Å². The minimum Gasteiger partial charge on any atom is -0.491 e. The van der Waals surface area contributed by atoms with Gasteiger partial charge in [-0.2, -0.15) is 0 Å². The van der Waals surface area contributed by atoms with Crippen LogP contribution in [0.3, 0.4) is 0 Å². The molecule has 7 heteroatoms. The number of aromatic amines is 1. The standard InChI is InChI=1S/C30H33N3O4/c1-17-7-9-22(11-18(17)2)31-29(34)21-8-10-25-26(14-21)33-28(32-25)27-19(3)12-23(13-20(27)4)35-15-24-16-36-30(5,6)37-24/h7-14,24H,15-16H2,1-6H3,(H,31,34)(H,32,33)/t24-/m1/s1. The fourth-order valence-corrected chi connectivity index (χ4v) is 4.71. The molecule has 0 radical (unpaired) electrons. The maximum Gasteiger partial charge on any atom is 0.255 e. The second-order valence-electron chi connectivity index (χ2n) is 10.3. The van der Waals surface area contributed by atoms with Gasteiger partial charge in [0.2, 0.25) is 0 Å². The third kappa shape index (κ3) is 5.38. The van der Waals surface area contributed by atoms with Gasteiger partial charge in [-0.25, -0.2) is 4.98 Å². The Kier molecular flexibility index (Phi) is 6.52. The molecule has 1 saturated heterocycles. The number of aromatic nitrogens is 2. The third-order valence-electron chi connectivity index (χ3n) is 6.76. The molecule has 37 heavy (non-hydrogen) atoms. The number of hydrogen-bond acceptors (Lipinski definition) is 5. The summed E-state index contributed by atoms with van der Waals surface area (Å²) in [6.45, 7) is 12.9. The largest absolute Gasteiger partial charge is 0.491 e. The summed E-state index contributed by atoms with van der Waals surface area (Å²) < 4.78 is 17.5. The summed E-state index contributed by atoms with van der Waals surface area (Å²) >= 11 is 0. The number of aryl methyl sites for hydroxylation is 4. The molecule has 1 aromatic heterocycles. The van der Waals surface area contributed by atoms with Crippen molar-refractivity contribution >= 4 is 22.6 Å². The highest BCUT2D eigenvalue weighted by Gasteiger charge is 2.33. The summed E-state index contributed by atoms with van der Waals surface area (Å²) in [6.07, 6.45) is -0.0907. The molecule has 192 valence electrons. The quantitative estimate of drug-likeness (QED) is 0.328. The number of H-pyrrole nitrogens is 1. The topological polar surface area (TPSA) is 85.5 Å². The molecule has 0 bridgehead atoms. The molecular formula is C30H33N3O4. The molecule has 1 aliphatic heterocycles. The first kappa shape index (κ1) is 25.0. The maximum absolute atomic E-state index is 12.9. The Morgan fingerprint density at radius 1 is 1.03 bits per heavy atom. The van der Waals surface area contributed by atoms with Crippen LogP contribution in [0.1, 0.15) is 46.5 Å². The minimum absolute atomic E-state index is 0.0907. The van der Waals surface area contributed by atoms with Gasteiger partial charge in [0.05, 0.1) is 17.6 Å². The van der Waals surface area contributed by atoms with Gasteiger partial charge < -0.3 is 24.5 Å². The summed E-state index contributed by atoms with van der Waals surface area (Å²) in [7, 11) is 0. The summed E-state index contributed by atoms with van der Waals surface area (Å²) in [4.78, 5) is 21.1. The predicted molar refractivity (Wildman–Crippen MR) is 145 cm³/mol. The lowest BCUT2D eigenvalue weighted by molar-refractivity contribution is -0.141. The lowest BCUT2D eigenvalue weighted by Crippen LogP contribution is -2.25. The molecule has 7 nitrogen and oxygen atoms in total. The van der Waals surface area contributed by atoms with Crippen LogP contribution in [0.4, 0.5) is 5.69 Å². The Bertz CT molecular complexity index is 1460. The van der Waals surface area contributed by atoms with Gasteiger partial charge in [-0.05, 0) is 106 Å². The zero-order chi connectivity index (χ0) is 26.3. The van der Waals surface area contributed by atoms with Gasteiger partial charge in [0.15, 0.2) is 5.79 Å². The lowest BCUT2D eigenvalue weighted by Gasteiger charge is -2.18. The van der Waals surface area contributed by atoms with E-state index < -0.39 is 5.79 Å². The first-order valence-corrected chi connectivity index (χ1v) is 12.5. The molecule has 0 saturated carbocycles. The van der Waals surface area contributed by atoms with Crippen LogP contribution < -0.4 is 10.1 Å². The van der Waals surface area contributed by atoms with E-state index >= 15 is 0 Å². The Morgan fingerprint density at radius 2 is 1.78 bits per heavy atom. The molecule has 0 unspecified atom stereocenters. The molecule has 0 spiro atoms. The van der Waals surface area contributed by atoms with E-state index in [1.54, 1.807) is 6.07 Å². The Labute approximate surface area is 217 Å². The first-order chi connectivity index (χ1) is 17.6. The molecule has 4 aromatic rings. The predicted octanol–water partition coefficient (Wildman–Crippen LogP) is 6.25. The average molecular weight is 500 g/mol. The summed E-state index contributed by atoms with van der Waals surface area (Å²) in [5.74, 6) is 0.826. The van der Waals surface area contributed by atoms with Crippen LogP contribution in [0.2, 0.25) is 0 Å². The molecule has 1 atom stereocenters. The summed E-state index contributed by atoms with van der Waals surface area (Å²) in [6, 6.07) is 15.4. The van der Waals surface area contributed by atoms with Crippen molar-refractivity contribution in [3.8, 4) is 17.1 Å². The number of amides is 1. The SMILES string of the molecule is Cc1ccc(NC(=O)c2ccc3nc(-c4c(C)cc(OC[C@@H]5COC(C)(C)O5)cc4C)[nH]c3c2)cc1C. The number of fused-ring (bicyclic) bond motifs is 1. The fourth-order valence-electron chi connectivity index (χ4n) is 4.71. The zero-order valence-corrected chi connectivity index (χ0v) is 22.2. The molecule has 2 heterocycles. The van der Waals surface area contributed by atoms with Crippen LogP contribution in [0, 0.1) is 27.7 Å². The van der Waals surface area contributed by atoms with Gasteiger partial charge in [-0.3, -0.25) is 4.79 Å². The van der Waals surface area contributed by atoms with Crippen LogP contribution in [0.15, 0.2) is 48.5 Å². The molecule has 3 aromatic carbocycles. The number of carbonyl (C=O) groups excluding carboxylic acids is 1. The monoisotopic (exact) mass is 499 g/mol. The Hall–Kier alpha value is -3.68. The normalized spacial score (nSPS) is 16.8. The molecule has 1 aliphatic rings. The van der Waals surface area contributed by atoms with Crippen LogP contribution in [0.25, 0.3) is 22.4 Å². The van der Waals surface area contributed by atoms with Crippen molar-refractivity contribution in [1.29, 1.82) is 0 Å². The highest BCUT2D eigenvalue weighted by atomic mass is 16.7. The van der Waals surface area contributed by atoms with E-state index in [-0.39, 0.29) is 12.0 Å². The van der Waals surface area contributed by atoms with Crippen molar-refractivity contribution in [3.05, 3.63) is 76.3 Å². The number of imidazole rings is 1. The minimum atomic E-state index is -0.564. The number of ether oxygens (including phenoxy) is 3. The molecular weight excluding hydrogens is 466 g/mol. The van der Waals surface area contributed by atoms with E-state index in [2.05, 4.69) is 17.2 Å². The van der Waals surface area contributed by atoms with Crippen molar-refractivity contribution in [3.63, 3.8) is 0 Å². The van der Waals surface area contributed by atoms with Crippen molar-refractivity contribution in [1.82, 2.24) is 9.97 Å². The van der Waals surface area contributed by atoms with E-state index in [1.165, 1.54) is 5.56 Å². The maximum atomic E-state index is 12.9. The average Bonchev–Trinajstić information content (AvgIpc) is 3.41. The molecule has 0 aliphatic carbocycles. The smallest absolute Gasteiger partial charge is 0.255 e. The van der Waals surface area contributed by atoms with Gasteiger partial charge in [0.25, 0.3) is 5.91 Å². The van der Waals surface area contributed by atoms with E-state index in [1.807, 2.05) is 77.1 Å². The second-order valence-corrected chi connectivity index (χ2v) is 10.3. The van der Waals surface area contributed by atoms with Crippen LogP contribution >= 0.6 is 0 Å².